The molecule has 1 aromatic carbocycles. The van der Waals surface area contributed by atoms with Gasteiger partial charge in [0.15, 0.2) is 0 Å². The summed E-state index contributed by atoms with van der Waals surface area (Å²) in [4.78, 5) is 11.3. The van der Waals surface area contributed by atoms with Crippen molar-refractivity contribution in [3.8, 4) is 5.75 Å². The molecule has 3 rings (SSSR count). The summed E-state index contributed by atoms with van der Waals surface area (Å²) < 4.78 is 5.26. The van der Waals surface area contributed by atoms with Crippen molar-refractivity contribution in [2.45, 2.75) is 25.7 Å². The van der Waals surface area contributed by atoms with Gasteiger partial charge in [0.1, 0.15) is 11.6 Å². The van der Waals surface area contributed by atoms with Gasteiger partial charge < -0.3 is 15.0 Å². The summed E-state index contributed by atoms with van der Waals surface area (Å²) in [6, 6.07) is 10.1. The Kier molecular flexibility index (Phi) is 5.29. The molecular weight excluding hydrogens is 288 g/mol. The molecule has 0 bridgehead atoms. The maximum Gasteiger partial charge on any atom is 0.227 e. The van der Waals surface area contributed by atoms with Gasteiger partial charge in [-0.15, -0.1) is 0 Å². The smallest absolute Gasteiger partial charge is 0.227 e. The van der Waals surface area contributed by atoms with Crippen LogP contribution in [-0.4, -0.2) is 36.7 Å². The van der Waals surface area contributed by atoms with E-state index in [1.807, 2.05) is 24.4 Å². The molecule has 0 amide bonds. The Hall–Kier alpha value is -2.30. The van der Waals surface area contributed by atoms with E-state index >= 15 is 0 Å². The van der Waals surface area contributed by atoms with E-state index < -0.39 is 0 Å². The van der Waals surface area contributed by atoms with E-state index in [4.69, 9.17) is 4.74 Å². The third kappa shape index (κ3) is 4.34. The molecule has 1 N–H and O–H groups in total. The second kappa shape index (κ2) is 7.81. The molecule has 2 aromatic rings. The number of benzene rings is 1. The van der Waals surface area contributed by atoms with Crippen LogP contribution in [0.4, 0.5) is 11.8 Å². The van der Waals surface area contributed by atoms with E-state index in [1.165, 1.54) is 24.8 Å². The molecule has 0 spiro atoms. The lowest BCUT2D eigenvalue weighted by molar-refractivity contribution is 0.414. The molecule has 5 nitrogen and oxygen atoms in total. The maximum absolute atomic E-state index is 5.26. The van der Waals surface area contributed by atoms with Gasteiger partial charge >= 0.3 is 0 Å². The van der Waals surface area contributed by atoms with Crippen LogP contribution in [0, 0.1) is 0 Å². The van der Waals surface area contributed by atoms with Gasteiger partial charge in [0.2, 0.25) is 5.95 Å². The minimum atomic E-state index is 0.837. The zero-order valence-electron chi connectivity index (χ0n) is 13.7. The molecule has 1 aliphatic rings. The molecule has 0 radical (unpaired) electrons. The summed E-state index contributed by atoms with van der Waals surface area (Å²) in [7, 11) is 1.69. The largest absolute Gasteiger partial charge is 0.497 e. The van der Waals surface area contributed by atoms with Crippen LogP contribution in [0.1, 0.15) is 24.8 Å². The molecule has 1 aliphatic heterocycles. The number of nitrogens with zero attached hydrogens (tertiary/aromatic N) is 3. The molecule has 2 heterocycles. The zero-order chi connectivity index (χ0) is 15.9. The highest BCUT2D eigenvalue weighted by Gasteiger charge is 2.13. The summed E-state index contributed by atoms with van der Waals surface area (Å²) >= 11 is 0. The van der Waals surface area contributed by atoms with Crippen LogP contribution in [0.15, 0.2) is 36.5 Å². The summed E-state index contributed by atoms with van der Waals surface area (Å²) in [6.07, 6.45) is 6.55. The van der Waals surface area contributed by atoms with Crippen LogP contribution in [0.3, 0.4) is 0 Å². The number of nitrogens with one attached hydrogen (secondary N) is 1. The number of anilines is 2. The Bertz CT molecular complexity index is 626. The Morgan fingerprint density at radius 1 is 1.17 bits per heavy atom. The molecule has 0 saturated carbocycles. The predicted octanol–water partition coefficient (Wildman–Crippen LogP) is 3.13. The second-order valence-electron chi connectivity index (χ2n) is 5.82. The zero-order valence-corrected chi connectivity index (χ0v) is 13.7. The summed E-state index contributed by atoms with van der Waals surface area (Å²) in [5, 5.41) is 3.39. The summed E-state index contributed by atoms with van der Waals surface area (Å²) in [5.74, 6) is 2.64. The average Bonchev–Trinajstić information content (AvgIpc) is 2.63. The lowest BCUT2D eigenvalue weighted by Gasteiger charge is -2.26. The standard InChI is InChI=1S/C18H24N4O/c1-23-16-7-5-6-15(14-16)8-10-19-17-9-11-20-18(21-17)22-12-3-2-4-13-22/h5-7,9,11,14H,2-4,8,10,12-13H2,1H3,(H,19,20,21). The molecule has 5 heteroatoms. The highest BCUT2D eigenvalue weighted by molar-refractivity contribution is 5.41. The SMILES string of the molecule is COc1cccc(CCNc2ccnc(N3CCCCC3)n2)c1. The first-order chi connectivity index (χ1) is 11.3. The van der Waals surface area contributed by atoms with E-state index in [2.05, 4.69) is 32.3 Å². The summed E-state index contributed by atoms with van der Waals surface area (Å²) in [6.45, 7) is 2.96. The lowest BCUT2D eigenvalue weighted by Crippen LogP contribution is -2.31. The van der Waals surface area contributed by atoms with Gasteiger partial charge in [-0.2, -0.15) is 4.98 Å². The normalized spacial score (nSPS) is 14.6. The van der Waals surface area contributed by atoms with Crippen LogP contribution in [0.2, 0.25) is 0 Å². The van der Waals surface area contributed by atoms with Gasteiger partial charge in [0.05, 0.1) is 7.11 Å². The molecule has 0 unspecified atom stereocenters. The van der Waals surface area contributed by atoms with Crippen molar-refractivity contribution >= 4 is 11.8 Å². The Balaban J connectivity index is 1.55. The van der Waals surface area contributed by atoms with E-state index in [1.54, 1.807) is 7.11 Å². The van der Waals surface area contributed by atoms with Gasteiger partial charge in [0.25, 0.3) is 0 Å². The van der Waals surface area contributed by atoms with Gasteiger partial charge in [-0.05, 0) is 49.4 Å². The number of methoxy groups -OCH3 is 1. The van der Waals surface area contributed by atoms with Crippen molar-refractivity contribution in [2.24, 2.45) is 0 Å². The molecule has 1 fully saturated rings. The third-order valence-corrected chi connectivity index (χ3v) is 4.14. The van der Waals surface area contributed by atoms with Crippen LogP contribution >= 0.6 is 0 Å². The Morgan fingerprint density at radius 3 is 2.87 bits per heavy atom. The fraction of sp³-hybridized carbons (Fsp3) is 0.444. The topological polar surface area (TPSA) is 50.3 Å². The number of piperidine rings is 1. The fourth-order valence-corrected chi connectivity index (χ4v) is 2.86. The van der Waals surface area contributed by atoms with Crippen molar-refractivity contribution in [1.29, 1.82) is 0 Å². The molecular formula is C18H24N4O. The lowest BCUT2D eigenvalue weighted by atomic mass is 10.1. The first-order valence-corrected chi connectivity index (χ1v) is 8.30. The second-order valence-corrected chi connectivity index (χ2v) is 5.82. The number of hydrogen-bond donors (Lipinski definition) is 1. The van der Waals surface area contributed by atoms with Crippen LogP contribution in [-0.2, 0) is 6.42 Å². The van der Waals surface area contributed by atoms with Crippen LogP contribution in [0.25, 0.3) is 0 Å². The molecule has 0 atom stereocenters. The van der Waals surface area contributed by atoms with Crippen LogP contribution < -0.4 is 15.0 Å². The van der Waals surface area contributed by atoms with Gasteiger partial charge in [-0.3, -0.25) is 0 Å². The third-order valence-electron chi connectivity index (χ3n) is 4.14. The van der Waals surface area contributed by atoms with Crippen molar-refractivity contribution < 1.29 is 4.74 Å². The minimum Gasteiger partial charge on any atom is -0.497 e. The first-order valence-electron chi connectivity index (χ1n) is 8.30. The molecule has 1 saturated heterocycles. The van der Waals surface area contributed by atoms with Crippen molar-refractivity contribution in [3.63, 3.8) is 0 Å². The number of hydrogen-bond acceptors (Lipinski definition) is 5. The van der Waals surface area contributed by atoms with E-state index in [0.717, 1.165) is 43.6 Å². The van der Waals surface area contributed by atoms with Crippen molar-refractivity contribution in [3.05, 3.63) is 42.1 Å². The monoisotopic (exact) mass is 312 g/mol. The van der Waals surface area contributed by atoms with Gasteiger partial charge in [-0.1, -0.05) is 12.1 Å². The number of ether oxygens (including phenoxy) is 1. The highest BCUT2D eigenvalue weighted by Crippen LogP contribution is 2.17. The Morgan fingerprint density at radius 2 is 2.04 bits per heavy atom. The molecule has 122 valence electrons. The van der Waals surface area contributed by atoms with Crippen molar-refractivity contribution in [1.82, 2.24) is 9.97 Å². The number of aromatic nitrogens is 2. The molecule has 1 aromatic heterocycles. The Labute approximate surface area is 137 Å². The van der Waals surface area contributed by atoms with E-state index in [-0.39, 0.29) is 0 Å². The minimum absolute atomic E-state index is 0.837. The predicted molar refractivity (Wildman–Crippen MR) is 93.3 cm³/mol. The molecule has 0 aliphatic carbocycles. The maximum atomic E-state index is 5.26. The highest BCUT2D eigenvalue weighted by atomic mass is 16.5. The van der Waals surface area contributed by atoms with E-state index in [9.17, 15) is 0 Å². The van der Waals surface area contributed by atoms with Crippen LogP contribution in [0.5, 0.6) is 5.75 Å². The van der Waals surface area contributed by atoms with Gasteiger partial charge in [-0.25, -0.2) is 4.98 Å². The summed E-state index contributed by atoms with van der Waals surface area (Å²) in [5.41, 5.74) is 1.25. The quantitative estimate of drug-likeness (QED) is 0.888. The first kappa shape index (κ1) is 15.6. The number of rotatable bonds is 6. The average molecular weight is 312 g/mol. The molecule has 23 heavy (non-hydrogen) atoms. The van der Waals surface area contributed by atoms with E-state index in [0.29, 0.717) is 0 Å². The fourth-order valence-electron chi connectivity index (χ4n) is 2.86. The van der Waals surface area contributed by atoms with Gasteiger partial charge in [0, 0.05) is 25.8 Å². The van der Waals surface area contributed by atoms with Crippen molar-refractivity contribution in [2.75, 3.05) is 37.0 Å².